The largest absolute Gasteiger partial charge is 0.481 e. The van der Waals surface area contributed by atoms with Crippen LogP contribution in [-0.4, -0.2) is 22.7 Å². The Morgan fingerprint density at radius 3 is 2.44 bits per heavy atom. The van der Waals surface area contributed by atoms with Crippen molar-refractivity contribution in [3.63, 3.8) is 0 Å². The molecule has 4 nitrogen and oxygen atoms in total. The molecule has 0 saturated heterocycles. The van der Waals surface area contributed by atoms with Crippen molar-refractivity contribution in [3.8, 4) is 0 Å². The van der Waals surface area contributed by atoms with Crippen LogP contribution in [-0.2, 0) is 21.8 Å². The van der Waals surface area contributed by atoms with Gasteiger partial charge in [0.25, 0.3) is 0 Å². The SMILES string of the molecule is Cc1cccc(C)c1CC(=O)Nc1cccc(CSCCC(=O)O)c1. The average Bonchev–Trinajstić information content (AvgIpc) is 2.55. The van der Waals surface area contributed by atoms with E-state index in [0.717, 1.165) is 33.7 Å². The molecule has 0 radical (unpaired) electrons. The van der Waals surface area contributed by atoms with Gasteiger partial charge in [0.05, 0.1) is 12.8 Å². The summed E-state index contributed by atoms with van der Waals surface area (Å²) in [5, 5.41) is 11.6. The number of hydrogen-bond donors (Lipinski definition) is 2. The van der Waals surface area contributed by atoms with E-state index >= 15 is 0 Å². The summed E-state index contributed by atoms with van der Waals surface area (Å²) in [6, 6.07) is 13.7. The Morgan fingerprint density at radius 2 is 1.76 bits per heavy atom. The van der Waals surface area contributed by atoms with E-state index in [1.54, 1.807) is 11.8 Å². The van der Waals surface area contributed by atoms with Crippen LogP contribution in [0.2, 0.25) is 0 Å². The molecule has 0 aromatic heterocycles. The molecule has 0 bridgehead atoms. The number of rotatable bonds is 8. The lowest BCUT2D eigenvalue weighted by Gasteiger charge is -2.11. The van der Waals surface area contributed by atoms with Gasteiger partial charge in [-0.15, -0.1) is 0 Å². The number of carboxylic acids is 1. The summed E-state index contributed by atoms with van der Waals surface area (Å²) in [4.78, 5) is 22.9. The molecule has 0 aliphatic rings. The Balaban J connectivity index is 1.92. The highest BCUT2D eigenvalue weighted by molar-refractivity contribution is 7.98. The third-order valence-corrected chi connectivity index (χ3v) is 4.95. The molecule has 0 fully saturated rings. The lowest BCUT2D eigenvalue weighted by molar-refractivity contribution is -0.136. The van der Waals surface area contributed by atoms with Gasteiger partial charge < -0.3 is 10.4 Å². The minimum absolute atomic E-state index is 0.0342. The van der Waals surface area contributed by atoms with E-state index in [9.17, 15) is 9.59 Å². The molecule has 25 heavy (non-hydrogen) atoms. The fourth-order valence-electron chi connectivity index (χ4n) is 2.58. The molecular weight excluding hydrogens is 334 g/mol. The fraction of sp³-hybridized carbons (Fsp3) is 0.300. The van der Waals surface area contributed by atoms with Gasteiger partial charge in [0.1, 0.15) is 0 Å². The molecule has 5 heteroatoms. The van der Waals surface area contributed by atoms with Crippen LogP contribution in [0, 0.1) is 13.8 Å². The highest BCUT2D eigenvalue weighted by Gasteiger charge is 2.09. The summed E-state index contributed by atoms with van der Waals surface area (Å²) in [6.45, 7) is 4.04. The van der Waals surface area contributed by atoms with Gasteiger partial charge in [-0.3, -0.25) is 9.59 Å². The van der Waals surface area contributed by atoms with E-state index in [2.05, 4.69) is 5.32 Å². The fourth-order valence-corrected chi connectivity index (χ4v) is 3.46. The average molecular weight is 357 g/mol. The zero-order valence-electron chi connectivity index (χ0n) is 14.5. The molecule has 0 aliphatic carbocycles. The van der Waals surface area contributed by atoms with E-state index in [1.807, 2.05) is 56.3 Å². The zero-order valence-corrected chi connectivity index (χ0v) is 15.4. The van der Waals surface area contributed by atoms with E-state index in [1.165, 1.54) is 0 Å². The summed E-state index contributed by atoms with van der Waals surface area (Å²) in [5.74, 6) is 0.500. The van der Waals surface area contributed by atoms with Gasteiger partial charge in [-0.1, -0.05) is 30.3 Å². The molecule has 2 N–H and O–H groups in total. The minimum Gasteiger partial charge on any atom is -0.481 e. The summed E-state index contributed by atoms with van der Waals surface area (Å²) in [6.07, 6.45) is 0.521. The maximum atomic E-state index is 12.4. The molecule has 0 spiro atoms. The van der Waals surface area contributed by atoms with Crippen LogP contribution in [0.5, 0.6) is 0 Å². The summed E-state index contributed by atoms with van der Waals surface area (Å²) >= 11 is 1.58. The quantitative estimate of drug-likeness (QED) is 0.695. The monoisotopic (exact) mass is 357 g/mol. The highest BCUT2D eigenvalue weighted by Crippen LogP contribution is 2.18. The number of thioether (sulfide) groups is 1. The number of carbonyl (C=O) groups is 2. The van der Waals surface area contributed by atoms with Gasteiger partial charge in [0.2, 0.25) is 5.91 Å². The number of nitrogens with one attached hydrogen (secondary N) is 1. The molecule has 0 aliphatic heterocycles. The van der Waals surface area contributed by atoms with E-state index in [-0.39, 0.29) is 12.3 Å². The van der Waals surface area contributed by atoms with E-state index in [4.69, 9.17) is 5.11 Å². The molecule has 0 heterocycles. The minimum atomic E-state index is -0.778. The van der Waals surface area contributed by atoms with Gasteiger partial charge in [-0.2, -0.15) is 11.8 Å². The summed E-state index contributed by atoms with van der Waals surface area (Å²) < 4.78 is 0. The third kappa shape index (κ3) is 6.27. The normalized spacial score (nSPS) is 10.5. The van der Waals surface area contributed by atoms with Crippen molar-refractivity contribution < 1.29 is 14.7 Å². The summed E-state index contributed by atoms with van der Waals surface area (Å²) in [7, 11) is 0. The van der Waals surface area contributed by atoms with Crippen LogP contribution in [0.4, 0.5) is 5.69 Å². The maximum Gasteiger partial charge on any atom is 0.304 e. The van der Waals surface area contributed by atoms with Gasteiger partial charge in [0, 0.05) is 17.2 Å². The second kappa shape index (κ2) is 9.28. The maximum absolute atomic E-state index is 12.4. The Morgan fingerprint density at radius 1 is 1.08 bits per heavy atom. The lowest BCUT2D eigenvalue weighted by Crippen LogP contribution is -2.15. The number of carboxylic acid groups (broad SMARTS) is 1. The van der Waals surface area contributed by atoms with Crippen molar-refractivity contribution in [3.05, 3.63) is 64.7 Å². The standard InChI is InChI=1S/C20H23NO3S/c1-14-5-3-6-15(2)18(14)12-19(22)21-17-8-4-7-16(11-17)13-25-10-9-20(23)24/h3-8,11H,9-10,12-13H2,1-2H3,(H,21,22)(H,23,24). The van der Waals surface area contributed by atoms with Gasteiger partial charge >= 0.3 is 5.97 Å². The van der Waals surface area contributed by atoms with Crippen LogP contribution in [0.3, 0.4) is 0 Å². The topological polar surface area (TPSA) is 66.4 Å². The van der Waals surface area contributed by atoms with Crippen molar-refractivity contribution in [2.24, 2.45) is 0 Å². The van der Waals surface area contributed by atoms with Crippen LogP contribution in [0.25, 0.3) is 0 Å². The van der Waals surface area contributed by atoms with Crippen molar-refractivity contribution >= 4 is 29.3 Å². The summed E-state index contributed by atoms with van der Waals surface area (Å²) in [5.41, 5.74) is 5.16. The van der Waals surface area contributed by atoms with Crippen LogP contribution >= 0.6 is 11.8 Å². The van der Waals surface area contributed by atoms with Crippen molar-refractivity contribution in [2.75, 3.05) is 11.1 Å². The van der Waals surface area contributed by atoms with Gasteiger partial charge in [-0.25, -0.2) is 0 Å². The number of hydrogen-bond acceptors (Lipinski definition) is 3. The van der Waals surface area contributed by atoms with Gasteiger partial charge in [0.15, 0.2) is 0 Å². The molecule has 2 aromatic carbocycles. The molecule has 2 aromatic rings. The Bertz CT molecular complexity index is 738. The molecule has 0 atom stereocenters. The molecule has 1 amide bonds. The van der Waals surface area contributed by atoms with Crippen LogP contribution in [0.15, 0.2) is 42.5 Å². The molecule has 0 saturated carbocycles. The van der Waals surface area contributed by atoms with E-state index < -0.39 is 5.97 Å². The second-order valence-electron chi connectivity index (χ2n) is 5.99. The Labute approximate surface area is 152 Å². The third-order valence-electron chi connectivity index (χ3n) is 3.92. The van der Waals surface area contributed by atoms with Crippen molar-refractivity contribution in [1.82, 2.24) is 0 Å². The van der Waals surface area contributed by atoms with Crippen molar-refractivity contribution in [1.29, 1.82) is 0 Å². The first-order chi connectivity index (χ1) is 12.0. The highest BCUT2D eigenvalue weighted by atomic mass is 32.2. The first-order valence-electron chi connectivity index (χ1n) is 8.19. The Kier molecular flexibility index (Phi) is 7.07. The number of benzene rings is 2. The predicted octanol–water partition coefficient (Wildman–Crippen LogP) is 4.19. The number of carbonyl (C=O) groups excluding carboxylic acids is 1. The van der Waals surface area contributed by atoms with Gasteiger partial charge in [-0.05, 0) is 48.2 Å². The molecule has 0 unspecified atom stereocenters. The van der Waals surface area contributed by atoms with E-state index in [0.29, 0.717) is 12.2 Å². The van der Waals surface area contributed by atoms with Crippen LogP contribution < -0.4 is 5.32 Å². The molecular formula is C20H23NO3S. The predicted molar refractivity (Wildman–Crippen MR) is 103 cm³/mol. The number of aliphatic carboxylic acids is 1. The molecule has 132 valence electrons. The first kappa shape index (κ1) is 19.1. The zero-order chi connectivity index (χ0) is 18.2. The molecule has 2 rings (SSSR count). The lowest BCUT2D eigenvalue weighted by atomic mass is 10.00. The number of aryl methyl sites for hydroxylation is 2. The van der Waals surface area contributed by atoms with Crippen molar-refractivity contribution in [2.45, 2.75) is 32.4 Å². The second-order valence-corrected chi connectivity index (χ2v) is 7.10. The smallest absolute Gasteiger partial charge is 0.304 e. The van der Waals surface area contributed by atoms with Crippen LogP contribution in [0.1, 0.15) is 28.7 Å². The number of anilines is 1. The number of amides is 1. The Hall–Kier alpha value is -2.27. The first-order valence-corrected chi connectivity index (χ1v) is 9.34.